The highest BCUT2D eigenvalue weighted by molar-refractivity contribution is 5.53. The number of ether oxygens (including phenoxy) is 1. The quantitative estimate of drug-likeness (QED) is 0.567. The number of hydrogen-bond acceptors (Lipinski definition) is 2. The number of hydrogen-bond donors (Lipinski definition) is 1. The van der Waals surface area contributed by atoms with E-state index in [1.54, 1.807) is 12.1 Å². The van der Waals surface area contributed by atoms with Gasteiger partial charge in [0.05, 0.1) is 0 Å². The summed E-state index contributed by atoms with van der Waals surface area (Å²) >= 11 is 0. The molecular weight excluding hydrogens is 284 g/mol. The monoisotopic (exact) mass is 318 g/mol. The minimum Gasteiger partial charge on any atom is -0.507 e. The van der Waals surface area contributed by atoms with Crippen molar-refractivity contribution in [2.75, 3.05) is 0 Å². The fourth-order valence-electron chi connectivity index (χ4n) is 3.89. The fourth-order valence-corrected chi connectivity index (χ4v) is 3.89. The molecule has 1 aromatic carbocycles. The van der Waals surface area contributed by atoms with Gasteiger partial charge in [-0.3, -0.25) is 0 Å². The summed E-state index contributed by atoms with van der Waals surface area (Å²) in [5.74, 6) is -0.968. The third-order valence-electron chi connectivity index (χ3n) is 5.12. The molecule has 126 valence electrons. The Labute approximate surface area is 146 Å². The number of allylic oxidation sites excluding steroid dienone is 2. The van der Waals surface area contributed by atoms with Crippen molar-refractivity contribution in [2.24, 2.45) is 5.92 Å². The molecular formula is C21H30O2. The van der Waals surface area contributed by atoms with Crippen LogP contribution in [0.2, 0.25) is 0 Å². The Morgan fingerprint density at radius 1 is 1.39 bits per heavy atom. The lowest BCUT2D eigenvalue weighted by Crippen LogP contribution is -2.45. The molecule has 2 atom stereocenters. The zero-order valence-electron chi connectivity index (χ0n) is 18.4. The summed E-state index contributed by atoms with van der Waals surface area (Å²) in [4.78, 5) is 0. The van der Waals surface area contributed by atoms with Crippen molar-refractivity contribution in [3.63, 3.8) is 0 Å². The van der Waals surface area contributed by atoms with Gasteiger partial charge in [-0.1, -0.05) is 31.4 Å². The molecule has 0 spiro atoms. The number of rotatable bonds is 4. The van der Waals surface area contributed by atoms with E-state index in [0.717, 1.165) is 31.2 Å². The second kappa shape index (κ2) is 6.22. The summed E-state index contributed by atoms with van der Waals surface area (Å²) < 4.78 is 38.8. The number of fused-ring (bicyclic) bond motifs is 3. The van der Waals surface area contributed by atoms with Crippen molar-refractivity contribution in [2.45, 2.75) is 77.6 Å². The summed E-state index contributed by atoms with van der Waals surface area (Å²) in [6.07, 6.45) is 6.69. The SMILES string of the molecule is [2H]C([2H])([2H])C1=C[C@@]2([2H])c3c(O)cc(CCCCC)cc3OC(C)(C)[C@@H]2CC1. The van der Waals surface area contributed by atoms with Crippen LogP contribution in [0.25, 0.3) is 0 Å². The van der Waals surface area contributed by atoms with Gasteiger partial charge in [-0.2, -0.15) is 0 Å². The first-order chi connectivity index (χ1) is 12.5. The van der Waals surface area contributed by atoms with Gasteiger partial charge in [-0.15, -0.1) is 0 Å². The van der Waals surface area contributed by atoms with Crippen LogP contribution in [-0.2, 0) is 6.42 Å². The minimum absolute atomic E-state index is 0.0394. The maximum atomic E-state index is 10.8. The Kier molecular flexibility index (Phi) is 3.25. The number of unbranched alkanes of at least 4 members (excludes halogenated alkanes) is 2. The summed E-state index contributed by atoms with van der Waals surface area (Å²) in [5.41, 5.74) is 1.10. The van der Waals surface area contributed by atoms with Gasteiger partial charge in [0.2, 0.25) is 0 Å². The van der Waals surface area contributed by atoms with E-state index >= 15 is 0 Å². The van der Waals surface area contributed by atoms with Crippen LogP contribution in [0.5, 0.6) is 11.5 Å². The molecule has 2 nitrogen and oxygen atoms in total. The molecule has 1 aliphatic carbocycles. The summed E-state index contributed by atoms with van der Waals surface area (Å²) in [6.45, 7) is 3.85. The van der Waals surface area contributed by atoms with Gasteiger partial charge in [-0.25, -0.2) is 0 Å². The molecule has 23 heavy (non-hydrogen) atoms. The average Bonchev–Trinajstić information content (AvgIpc) is 2.52. The van der Waals surface area contributed by atoms with E-state index in [-0.39, 0.29) is 11.7 Å². The highest BCUT2D eigenvalue weighted by atomic mass is 16.5. The Balaban J connectivity index is 2.11. The molecule has 0 radical (unpaired) electrons. The molecule has 1 N–H and O–H groups in total. The number of benzene rings is 1. The Hall–Kier alpha value is -1.44. The molecule has 1 aromatic rings. The lowest BCUT2D eigenvalue weighted by Gasteiger charge is -2.46. The van der Waals surface area contributed by atoms with Gasteiger partial charge in [-0.05, 0) is 64.1 Å². The highest BCUT2D eigenvalue weighted by Crippen LogP contribution is 2.53. The van der Waals surface area contributed by atoms with Gasteiger partial charge in [0.15, 0.2) is 0 Å². The molecule has 0 saturated carbocycles. The second-order valence-electron chi connectivity index (χ2n) is 7.37. The van der Waals surface area contributed by atoms with Crippen molar-refractivity contribution >= 4 is 0 Å². The van der Waals surface area contributed by atoms with Crippen LogP contribution >= 0.6 is 0 Å². The van der Waals surface area contributed by atoms with Crippen LogP contribution in [0.4, 0.5) is 0 Å². The molecule has 0 aromatic heterocycles. The van der Waals surface area contributed by atoms with Crippen molar-refractivity contribution in [3.8, 4) is 11.5 Å². The smallest absolute Gasteiger partial charge is 0.127 e. The van der Waals surface area contributed by atoms with Gasteiger partial charge in [0.1, 0.15) is 17.1 Å². The topological polar surface area (TPSA) is 29.5 Å². The third-order valence-corrected chi connectivity index (χ3v) is 5.12. The molecule has 2 heteroatoms. The van der Waals surface area contributed by atoms with Crippen LogP contribution in [-0.4, -0.2) is 10.7 Å². The zero-order chi connectivity index (χ0) is 20.0. The minimum atomic E-state index is -2.21. The standard InChI is InChI=1S/C21H30O2/c1-5-6-7-8-15-12-18(22)20-16-11-14(2)9-10-17(16)21(3,4)23-19(20)13-15/h11-13,16-17,22H,5-10H2,1-4H3/t16-,17-/m1/s1/i2D3,16D. The van der Waals surface area contributed by atoms with Crippen molar-refractivity contribution in [1.29, 1.82) is 0 Å². The van der Waals surface area contributed by atoms with Gasteiger partial charge < -0.3 is 9.84 Å². The van der Waals surface area contributed by atoms with E-state index in [1.165, 1.54) is 0 Å². The van der Waals surface area contributed by atoms with Crippen LogP contribution in [0.15, 0.2) is 23.8 Å². The maximum absolute atomic E-state index is 10.8. The van der Waals surface area contributed by atoms with Crippen LogP contribution in [0.3, 0.4) is 0 Å². The Morgan fingerprint density at radius 2 is 2.22 bits per heavy atom. The first kappa shape index (κ1) is 12.0. The third kappa shape index (κ3) is 3.13. The summed E-state index contributed by atoms with van der Waals surface area (Å²) in [6, 6.07) is 3.65. The molecule has 1 heterocycles. The summed E-state index contributed by atoms with van der Waals surface area (Å²) in [7, 11) is 0. The fraction of sp³-hybridized carbons (Fsp3) is 0.619. The lowest BCUT2D eigenvalue weighted by molar-refractivity contribution is 0.0107. The summed E-state index contributed by atoms with van der Waals surface area (Å²) in [5, 5.41) is 10.8. The predicted molar refractivity (Wildman–Crippen MR) is 95.3 cm³/mol. The molecule has 0 saturated heterocycles. The molecule has 0 bridgehead atoms. The van der Waals surface area contributed by atoms with E-state index in [0.29, 0.717) is 29.7 Å². The molecule has 3 rings (SSSR count). The van der Waals surface area contributed by atoms with Gasteiger partial charge in [0, 0.05) is 22.9 Å². The number of aryl methyl sites for hydroxylation is 1. The van der Waals surface area contributed by atoms with Crippen LogP contribution < -0.4 is 4.74 Å². The first-order valence-corrected chi connectivity index (χ1v) is 8.76. The normalized spacial score (nSPS) is 31.4. The second-order valence-corrected chi connectivity index (χ2v) is 7.37. The van der Waals surface area contributed by atoms with Crippen LogP contribution in [0, 0.1) is 5.92 Å². The Morgan fingerprint density at radius 3 is 2.96 bits per heavy atom. The first-order valence-electron chi connectivity index (χ1n) is 10.8. The molecule has 2 aliphatic rings. The Bertz CT molecular complexity index is 751. The van der Waals surface area contributed by atoms with E-state index in [2.05, 4.69) is 6.92 Å². The molecule has 0 fully saturated rings. The predicted octanol–water partition coefficient (Wildman–Crippen LogP) is 5.74. The maximum Gasteiger partial charge on any atom is 0.127 e. The van der Waals surface area contributed by atoms with Gasteiger partial charge >= 0.3 is 0 Å². The largest absolute Gasteiger partial charge is 0.507 e. The van der Waals surface area contributed by atoms with Gasteiger partial charge in [0.25, 0.3) is 0 Å². The molecule has 1 aliphatic heterocycles. The lowest BCUT2D eigenvalue weighted by atomic mass is 9.68. The zero-order valence-corrected chi connectivity index (χ0v) is 14.4. The van der Waals surface area contributed by atoms with Crippen LogP contribution in [0.1, 0.15) is 82.2 Å². The van der Waals surface area contributed by atoms with E-state index in [1.807, 2.05) is 19.9 Å². The molecule has 0 unspecified atom stereocenters. The number of phenolic OH excluding ortho intramolecular Hbond substituents is 1. The van der Waals surface area contributed by atoms with Crippen molar-refractivity contribution in [1.82, 2.24) is 0 Å². The van der Waals surface area contributed by atoms with Crippen molar-refractivity contribution < 1.29 is 15.3 Å². The highest BCUT2D eigenvalue weighted by Gasteiger charge is 2.45. The number of aromatic hydroxyl groups is 1. The van der Waals surface area contributed by atoms with E-state index in [9.17, 15) is 6.48 Å². The van der Waals surface area contributed by atoms with E-state index in [4.69, 9.17) is 8.85 Å². The molecule has 0 amide bonds. The average molecular weight is 318 g/mol. The number of phenols is 1. The van der Waals surface area contributed by atoms with Crippen molar-refractivity contribution in [3.05, 3.63) is 34.9 Å². The van der Waals surface area contributed by atoms with E-state index < -0.39 is 18.3 Å².